The van der Waals surface area contributed by atoms with Crippen molar-refractivity contribution in [3.8, 4) is 0 Å². The number of rotatable bonds is 0. The zero-order valence-electron chi connectivity index (χ0n) is 4.20. The summed E-state index contributed by atoms with van der Waals surface area (Å²) >= 11 is 0. The molecule has 0 aromatic carbocycles. The lowest BCUT2D eigenvalue weighted by Gasteiger charge is -2.13. The first kappa shape index (κ1) is 6.25. The molecule has 0 saturated heterocycles. The van der Waals surface area contributed by atoms with E-state index < -0.39 is 12.4 Å². The Kier molecular flexibility index (Phi) is 1.27. The zero-order valence-corrected chi connectivity index (χ0v) is 4.20. The Morgan fingerprint density at radius 2 is 2.22 bits per heavy atom. The van der Waals surface area contributed by atoms with Crippen molar-refractivity contribution >= 4 is 0 Å². The van der Waals surface area contributed by atoms with Crippen LogP contribution in [0.1, 0.15) is 0 Å². The molecule has 2 nitrogen and oxygen atoms in total. The lowest BCUT2D eigenvalue weighted by Crippen LogP contribution is -2.37. The predicted octanol–water partition coefficient (Wildman–Crippen LogP) is 0.769. The summed E-state index contributed by atoms with van der Waals surface area (Å²) in [7, 11) is 0. The molecule has 0 aliphatic carbocycles. The summed E-state index contributed by atoms with van der Waals surface area (Å²) < 4.78 is 38.5. The van der Waals surface area contributed by atoms with Gasteiger partial charge in [0.2, 0.25) is 0 Å². The molecule has 1 radical (unpaired) electrons. The molecule has 0 bridgehead atoms. The average Bonchev–Trinajstić information content (AvgIpc) is 2.08. The van der Waals surface area contributed by atoms with Gasteiger partial charge in [0.15, 0.2) is 6.26 Å². The van der Waals surface area contributed by atoms with Gasteiger partial charge < -0.3 is 10.1 Å². The fraction of sp³-hybridized carbons (Fsp3) is 0.500. The maximum absolute atomic E-state index is 11.5. The van der Waals surface area contributed by atoms with Gasteiger partial charge in [-0.25, -0.2) is 0 Å². The summed E-state index contributed by atoms with van der Waals surface area (Å²) in [5.41, 5.74) is 0. The summed E-state index contributed by atoms with van der Waals surface area (Å²) in [4.78, 5) is 0. The maximum atomic E-state index is 11.5. The fourth-order valence-electron chi connectivity index (χ4n) is 0.407. The Morgan fingerprint density at radius 3 is 2.44 bits per heavy atom. The first-order chi connectivity index (χ1) is 4.11. The molecule has 0 aromatic rings. The summed E-state index contributed by atoms with van der Waals surface area (Å²) in [5.74, 6) is 0. The summed E-state index contributed by atoms with van der Waals surface area (Å²) in [5, 5.41) is 1.91. The Bertz CT molecular complexity index is 122. The quantitative estimate of drug-likeness (QED) is 0.533. The van der Waals surface area contributed by atoms with Crippen molar-refractivity contribution < 1.29 is 17.9 Å². The van der Waals surface area contributed by atoms with Crippen LogP contribution < -0.4 is 5.32 Å². The number of alkyl halides is 3. The Morgan fingerprint density at radius 1 is 1.56 bits per heavy atom. The molecular weight excluding hydrogens is 135 g/mol. The Balaban J connectivity index is 2.46. The Hall–Kier alpha value is -0.870. The Labute approximate surface area is 49.3 Å². The first-order valence-electron chi connectivity index (χ1n) is 2.16. The number of hydrogen-bond acceptors (Lipinski definition) is 2. The highest BCUT2D eigenvalue weighted by atomic mass is 19.4. The van der Waals surface area contributed by atoms with E-state index in [-0.39, 0.29) is 0 Å². The van der Waals surface area contributed by atoms with Crippen molar-refractivity contribution in [3.05, 3.63) is 12.5 Å². The molecule has 1 unspecified atom stereocenters. The van der Waals surface area contributed by atoms with Gasteiger partial charge in [-0.3, -0.25) is 0 Å². The highest BCUT2D eigenvalue weighted by molar-refractivity contribution is 4.80. The fourth-order valence-corrected chi connectivity index (χ4v) is 0.407. The van der Waals surface area contributed by atoms with Crippen LogP contribution in [0, 0.1) is 6.26 Å². The highest BCUT2D eigenvalue weighted by Crippen LogP contribution is 2.22. The SMILES string of the molecule is FC(F)(F)C1NC=[C]O1. The minimum Gasteiger partial charge on any atom is -0.455 e. The second-order valence-electron chi connectivity index (χ2n) is 1.47. The van der Waals surface area contributed by atoms with Gasteiger partial charge in [0.25, 0.3) is 6.23 Å². The van der Waals surface area contributed by atoms with Crippen LogP contribution >= 0.6 is 0 Å². The molecule has 1 rings (SSSR count). The highest BCUT2D eigenvalue weighted by Gasteiger charge is 2.42. The van der Waals surface area contributed by atoms with Crippen LogP contribution in [0.4, 0.5) is 13.2 Å². The minimum absolute atomic E-state index is 0.984. The zero-order chi connectivity index (χ0) is 6.91. The maximum Gasteiger partial charge on any atom is 0.445 e. The average molecular weight is 138 g/mol. The molecule has 1 aliphatic rings. The molecule has 5 heteroatoms. The molecule has 1 heterocycles. The normalized spacial score (nSPS) is 25.4. The number of nitrogens with one attached hydrogen (secondary N) is 1. The molecule has 0 fully saturated rings. The van der Waals surface area contributed by atoms with E-state index in [0.717, 1.165) is 6.20 Å². The monoisotopic (exact) mass is 138 g/mol. The number of ether oxygens (including phenoxy) is 1. The lowest BCUT2D eigenvalue weighted by atomic mass is 10.6. The van der Waals surface area contributed by atoms with Gasteiger partial charge in [0.05, 0.1) is 0 Å². The van der Waals surface area contributed by atoms with Crippen LogP contribution in [-0.4, -0.2) is 12.4 Å². The third-order valence-corrected chi connectivity index (χ3v) is 0.777. The lowest BCUT2D eigenvalue weighted by molar-refractivity contribution is -0.208. The molecule has 0 saturated carbocycles. The molecular formula is C4H3F3NO. The van der Waals surface area contributed by atoms with E-state index in [1.807, 2.05) is 11.6 Å². The van der Waals surface area contributed by atoms with Crippen LogP contribution in [0.25, 0.3) is 0 Å². The second kappa shape index (κ2) is 1.82. The van der Waals surface area contributed by atoms with Gasteiger partial charge in [-0.1, -0.05) is 0 Å². The molecule has 1 atom stereocenters. The van der Waals surface area contributed by atoms with E-state index in [9.17, 15) is 13.2 Å². The van der Waals surface area contributed by atoms with Gasteiger partial charge >= 0.3 is 6.18 Å². The second-order valence-corrected chi connectivity index (χ2v) is 1.47. The van der Waals surface area contributed by atoms with Crippen molar-refractivity contribution in [1.82, 2.24) is 5.32 Å². The van der Waals surface area contributed by atoms with E-state index in [2.05, 4.69) is 4.74 Å². The molecule has 51 valence electrons. The first-order valence-corrected chi connectivity index (χ1v) is 2.16. The van der Waals surface area contributed by atoms with Crippen LogP contribution in [0.2, 0.25) is 0 Å². The predicted molar refractivity (Wildman–Crippen MR) is 21.9 cm³/mol. The van der Waals surface area contributed by atoms with E-state index >= 15 is 0 Å². The largest absolute Gasteiger partial charge is 0.455 e. The van der Waals surface area contributed by atoms with Crippen molar-refractivity contribution in [1.29, 1.82) is 0 Å². The van der Waals surface area contributed by atoms with Crippen LogP contribution in [0.5, 0.6) is 0 Å². The van der Waals surface area contributed by atoms with Crippen molar-refractivity contribution in [3.63, 3.8) is 0 Å². The van der Waals surface area contributed by atoms with Crippen molar-refractivity contribution in [2.45, 2.75) is 12.4 Å². The van der Waals surface area contributed by atoms with Crippen LogP contribution in [-0.2, 0) is 4.74 Å². The molecule has 0 amide bonds. The third kappa shape index (κ3) is 1.28. The third-order valence-electron chi connectivity index (χ3n) is 0.777. The van der Waals surface area contributed by atoms with Crippen molar-refractivity contribution in [2.75, 3.05) is 0 Å². The van der Waals surface area contributed by atoms with Gasteiger partial charge in [-0.2, -0.15) is 13.2 Å². The van der Waals surface area contributed by atoms with E-state index in [0.29, 0.717) is 0 Å². The van der Waals surface area contributed by atoms with E-state index in [1.165, 1.54) is 0 Å². The molecule has 9 heavy (non-hydrogen) atoms. The van der Waals surface area contributed by atoms with Crippen LogP contribution in [0.15, 0.2) is 6.20 Å². The summed E-state index contributed by atoms with van der Waals surface area (Å²) in [6.45, 7) is 0. The van der Waals surface area contributed by atoms with Gasteiger partial charge in [-0.05, 0) is 0 Å². The minimum atomic E-state index is -4.35. The summed E-state index contributed by atoms with van der Waals surface area (Å²) in [6.07, 6.45) is -3.35. The standard InChI is InChI=1S/C4H3F3NO/c5-4(6,7)3-8-1-2-9-3/h1,3,8H. The van der Waals surface area contributed by atoms with Gasteiger partial charge in [0, 0.05) is 6.20 Å². The molecule has 1 aliphatic heterocycles. The number of hydrogen-bond donors (Lipinski definition) is 1. The van der Waals surface area contributed by atoms with E-state index in [4.69, 9.17) is 0 Å². The van der Waals surface area contributed by atoms with Crippen molar-refractivity contribution in [2.24, 2.45) is 0 Å². The van der Waals surface area contributed by atoms with Gasteiger partial charge in [-0.15, -0.1) is 0 Å². The van der Waals surface area contributed by atoms with Gasteiger partial charge in [0.1, 0.15) is 0 Å². The van der Waals surface area contributed by atoms with E-state index in [1.54, 1.807) is 0 Å². The molecule has 0 aromatic heterocycles. The number of halogens is 3. The molecule has 1 N–H and O–H groups in total. The smallest absolute Gasteiger partial charge is 0.445 e. The molecule has 0 spiro atoms. The topological polar surface area (TPSA) is 21.3 Å². The van der Waals surface area contributed by atoms with Crippen LogP contribution in [0.3, 0.4) is 0 Å². The summed E-state index contributed by atoms with van der Waals surface area (Å²) in [6, 6.07) is 0.